The maximum atomic E-state index is 12.6. The van der Waals surface area contributed by atoms with Gasteiger partial charge in [0.2, 0.25) is 0 Å². The largest absolute Gasteiger partial charge is 0.367 e. The van der Waals surface area contributed by atoms with E-state index in [1.54, 1.807) is 6.07 Å². The van der Waals surface area contributed by atoms with Crippen molar-refractivity contribution >= 4 is 28.9 Å². The Kier molecular flexibility index (Phi) is 5.36. The molecular weight excluding hydrogens is 368 g/mol. The van der Waals surface area contributed by atoms with Crippen LogP contribution in [0.25, 0.3) is 0 Å². The van der Waals surface area contributed by atoms with Gasteiger partial charge in [0, 0.05) is 35.1 Å². The maximum Gasteiger partial charge on any atom is 0.255 e. The van der Waals surface area contributed by atoms with E-state index in [1.165, 1.54) is 23.2 Å². The van der Waals surface area contributed by atoms with E-state index in [2.05, 4.69) is 34.5 Å². The van der Waals surface area contributed by atoms with Crippen LogP contribution >= 0.6 is 11.6 Å². The van der Waals surface area contributed by atoms with Crippen molar-refractivity contribution in [3.8, 4) is 0 Å². The summed E-state index contributed by atoms with van der Waals surface area (Å²) in [6.45, 7) is 3.87. The summed E-state index contributed by atoms with van der Waals surface area (Å²) in [5, 5.41) is 3.56. The van der Waals surface area contributed by atoms with Gasteiger partial charge in [0.15, 0.2) is 0 Å². The second-order valence-corrected chi connectivity index (χ2v) is 7.70. The van der Waals surface area contributed by atoms with Crippen molar-refractivity contribution in [3.05, 3.63) is 94.0 Å². The zero-order valence-corrected chi connectivity index (χ0v) is 16.7. The molecule has 0 atom stereocenters. The van der Waals surface area contributed by atoms with Gasteiger partial charge in [-0.2, -0.15) is 0 Å². The lowest BCUT2D eigenvalue weighted by molar-refractivity contribution is 0.102. The number of halogens is 1. The van der Waals surface area contributed by atoms with Crippen molar-refractivity contribution in [2.75, 3.05) is 16.8 Å². The standard InChI is InChI=1S/C24H23ClN2O/c1-17-8-13-21(25)15-22(17)26-24(28)20-11-9-18(10-12-20)16-27-14-4-6-19-5-2-3-7-23(19)27/h2-3,5,7-13,15H,4,6,14,16H2,1H3,(H,26,28). The lowest BCUT2D eigenvalue weighted by Crippen LogP contribution is -2.28. The molecule has 0 radical (unpaired) electrons. The van der Waals surface area contributed by atoms with Crippen LogP contribution in [-0.4, -0.2) is 12.5 Å². The van der Waals surface area contributed by atoms with Crippen molar-refractivity contribution in [3.63, 3.8) is 0 Å². The van der Waals surface area contributed by atoms with E-state index >= 15 is 0 Å². The normalized spacial score (nSPS) is 13.1. The first-order valence-corrected chi connectivity index (χ1v) is 9.97. The predicted octanol–water partition coefficient (Wildman–Crippen LogP) is 5.85. The lowest BCUT2D eigenvalue weighted by Gasteiger charge is -2.31. The number of anilines is 2. The van der Waals surface area contributed by atoms with Crippen LogP contribution in [-0.2, 0) is 13.0 Å². The quantitative estimate of drug-likeness (QED) is 0.605. The zero-order chi connectivity index (χ0) is 19.5. The van der Waals surface area contributed by atoms with Crippen molar-refractivity contribution < 1.29 is 4.79 Å². The number of aryl methyl sites for hydroxylation is 2. The van der Waals surface area contributed by atoms with Crippen LogP contribution in [0.5, 0.6) is 0 Å². The molecule has 0 spiro atoms. The molecule has 4 rings (SSSR count). The number of carbonyl (C=O) groups is 1. The Hall–Kier alpha value is -2.78. The number of hydrogen-bond acceptors (Lipinski definition) is 2. The fourth-order valence-corrected chi connectivity index (χ4v) is 3.85. The Morgan fingerprint density at radius 1 is 1.07 bits per heavy atom. The van der Waals surface area contributed by atoms with E-state index in [1.807, 2.05) is 43.3 Å². The van der Waals surface area contributed by atoms with Crippen LogP contribution in [0.1, 0.15) is 33.5 Å². The van der Waals surface area contributed by atoms with Crippen LogP contribution in [0.2, 0.25) is 5.02 Å². The Morgan fingerprint density at radius 3 is 2.68 bits per heavy atom. The molecule has 1 amide bonds. The van der Waals surface area contributed by atoms with Crippen LogP contribution in [0.15, 0.2) is 66.7 Å². The van der Waals surface area contributed by atoms with Crippen molar-refractivity contribution in [1.82, 2.24) is 0 Å². The van der Waals surface area contributed by atoms with Gasteiger partial charge in [0.05, 0.1) is 0 Å². The first-order valence-electron chi connectivity index (χ1n) is 9.59. The summed E-state index contributed by atoms with van der Waals surface area (Å²) in [5.41, 5.74) is 6.31. The maximum absolute atomic E-state index is 12.6. The Balaban J connectivity index is 1.46. The lowest BCUT2D eigenvalue weighted by atomic mass is 10.0. The molecule has 4 heteroatoms. The van der Waals surface area contributed by atoms with Crippen LogP contribution in [0, 0.1) is 6.92 Å². The molecule has 3 aromatic rings. The summed E-state index contributed by atoms with van der Waals surface area (Å²) < 4.78 is 0. The summed E-state index contributed by atoms with van der Waals surface area (Å²) in [7, 11) is 0. The van der Waals surface area contributed by atoms with Gasteiger partial charge in [-0.1, -0.05) is 48.0 Å². The molecule has 0 fully saturated rings. The topological polar surface area (TPSA) is 32.3 Å². The Bertz CT molecular complexity index is 998. The molecule has 0 saturated heterocycles. The van der Waals surface area contributed by atoms with E-state index in [4.69, 9.17) is 11.6 Å². The molecule has 0 aromatic heterocycles. The minimum atomic E-state index is -0.125. The summed E-state index contributed by atoms with van der Waals surface area (Å²) in [4.78, 5) is 15.0. The number of rotatable bonds is 4. The molecule has 0 bridgehead atoms. The van der Waals surface area contributed by atoms with Crippen LogP contribution < -0.4 is 10.2 Å². The third kappa shape index (κ3) is 4.05. The van der Waals surface area contributed by atoms with Crippen LogP contribution in [0.4, 0.5) is 11.4 Å². The molecule has 0 aliphatic carbocycles. The fourth-order valence-electron chi connectivity index (χ4n) is 3.68. The van der Waals surface area contributed by atoms with Crippen molar-refractivity contribution in [2.24, 2.45) is 0 Å². The second kappa shape index (κ2) is 8.07. The van der Waals surface area contributed by atoms with Gasteiger partial charge < -0.3 is 10.2 Å². The molecule has 142 valence electrons. The molecule has 1 aliphatic heterocycles. The number of para-hydroxylation sites is 1. The molecule has 28 heavy (non-hydrogen) atoms. The molecule has 1 heterocycles. The number of nitrogens with zero attached hydrogens (tertiary/aromatic N) is 1. The van der Waals surface area contributed by atoms with E-state index in [0.717, 1.165) is 30.8 Å². The minimum absolute atomic E-state index is 0.125. The number of hydrogen-bond donors (Lipinski definition) is 1. The van der Waals surface area contributed by atoms with Gasteiger partial charge in [-0.25, -0.2) is 0 Å². The zero-order valence-electron chi connectivity index (χ0n) is 15.9. The smallest absolute Gasteiger partial charge is 0.255 e. The highest BCUT2D eigenvalue weighted by atomic mass is 35.5. The fraction of sp³-hybridized carbons (Fsp3) is 0.208. The Morgan fingerprint density at radius 2 is 1.86 bits per heavy atom. The van der Waals surface area contributed by atoms with Gasteiger partial charge >= 0.3 is 0 Å². The average molecular weight is 391 g/mol. The molecule has 3 nitrogen and oxygen atoms in total. The van der Waals surface area contributed by atoms with Gasteiger partial charge in [0.1, 0.15) is 0 Å². The second-order valence-electron chi connectivity index (χ2n) is 7.26. The highest BCUT2D eigenvalue weighted by Crippen LogP contribution is 2.28. The predicted molar refractivity (Wildman–Crippen MR) is 116 cm³/mol. The van der Waals surface area contributed by atoms with E-state index in [0.29, 0.717) is 10.6 Å². The average Bonchev–Trinajstić information content (AvgIpc) is 2.71. The molecule has 0 unspecified atom stereocenters. The van der Waals surface area contributed by atoms with Gasteiger partial charge in [0.25, 0.3) is 5.91 Å². The minimum Gasteiger partial charge on any atom is -0.367 e. The highest BCUT2D eigenvalue weighted by molar-refractivity contribution is 6.31. The van der Waals surface area contributed by atoms with Crippen molar-refractivity contribution in [2.45, 2.75) is 26.3 Å². The molecule has 3 aromatic carbocycles. The first kappa shape index (κ1) is 18.6. The Labute approximate surface area is 171 Å². The summed E-state index contributed by atoms with van der Waals surface area (Å²) >= 11 is 6.04. The summed E-state index contributed by atoms with van der Waals surface area (Å²) in [5.74, 6) is -0.125. The third-order valence-corrected chi connectivity index (χ3v) is 5.48. The third-order valence-electron chi connectivity index (χ3n) is 5.24. The number of benzene rings is 3. The van der Waals surface area contributed by atoms with Crippen LogP contribution in [0.3, 0.4) is 0 Å². The molecule has 1 aliphatic rings. The number of fused-ring (bicyclic) bond motifs is 1. The number of amides is 1. The number of carbonyl (C=O) groups excluding carboxylic acids is 1. The van der Waals surface area contributed by atoms with Gasteiger partial charge in [-0.15, -0.1) is 0 Å². The van der Waals surface area contributed by atoms with E-state index < -0.39 is 0 Å². The summed E-state index contributed by atoms with van der Waals surface area (Å²) in [6, 6.07) is 22.0. The molecule has 1 N–H and O–H groups in total. The molecular formula is C24H23ClN2O. The SMILES string of the molecule is Cc1ccc(Cl)cc1NC(=O)c1ccc(CN2CCCc3ccccc32)cc1. The van der Waals surface area contributed by atoms with E-state index in [9.17, 15) is 4.79 Å². The van der Waals surface area contributed by atoms with Crippen molar-refractivity contribution in [1.29, 1.82) is 0 Å². The highest BCUT2D eigenvalue weighted by Gasteiger charge is 2.16. The summed E-state index contributed by atoms with van der Waals surface area (Å²) in [6.07, 6.45) is 2.32. The monoisotopic (exact) mass is 390 g/mol. The van der Waals surface area contributed by atoms with Gasteiger partial charge in [-0.3, -0.25) is 4.79 Å². The number of nitrogens with one attached hydrogen (secondary N) is 1. The van der Waals surface area contributed by atoms with Gasteiger partial charge in [-0.05, 0) is 66.8 Å². The van der Waals surface area contributed by atoms with E-state index in [-0.39, 0.29) is 5.91 Å². The molecule has 0 saturated carbocycles. The first-order chi connectivity index (χ1) is 13.6.